The van der Waals surface area contributed by atoms with E-state index in [1.54, 1.807) is 4.90 Å². The Labute approximate surface area is 164 Å². The summed E-state index contributed by atoms with van der Waals surface area (Å²) in [5, 5.41) is 4.87. The molecule has 3 rings (SSSR count). The highest BCUT2D eigenvalue weighted by atomic mass is 32.1. The Balaban J connectivity index is 1.47. The summed E-state index contributed by atoms with van der Waals surface area (Å²) in [5.41, 5.74) is 0. The molecule has 0 saturated carbocycles. The molecule has 6 nitrogen and oxygen atoms in total. The number of thiophene rings is 1. The monoisotopic (exact) mass is 391 g/mol. The Hall–Kier alpha value is -1.89. The molecule has 0 bridgehead atoms. The number of piperidine rings is 1. The molecule has 1 aromatic heterocycles. The summed E-state index contributed by atoms with van der Waals surface area (Å²) in [6.07, 6.45) is 7.20. The summed E-state index contributed by atoms with van der Waals surface area (Å²) in [5.74, 6) is 0.126. The summed E-state index contributed by atoms with van der Waals surface area (Å²) in [7, 11) is 0. The van der Waals surface area contributed by atoms with Gasteiger partial charge in [-0.05, 0) is 50.0 Å². The lowest BCUT2D eigenvalue weighted by atomic mass is 10.0. The van der Waals surface area contributed by atoms with Gasteiger partial charge >= 0.3 is 0 Å². The predicted octanol–water partition coefficient (Wildman–Crippen LogP) is 2.65. The zero-order valence-electron chi connectivity index (χ0n) is 15.8. The zero-order chi connectivity index (χ0) is 19.1. The van der Waals surface area contributed by atoms with E-state index in [2.05, 4.69) is 5.32 Å². The minimum Gasteiger partial charge on any atom is -0.354 e. The van der Waals surface area contributed by atoms with E-state index in [1.807, 2.05) is 22.4 Å². The molecule has 2 aliphatic heterocycles. The van der Waals surface area contributed by atoms with E-state index in [0.29, 0.717) is 37.4 Å². The molecule has 0 spiro atoms. The van der Waals surface area contributed by atoms with Crippen LogP contribution in [-0.4, -0.2) is 59.7 Å². The lowest BCUT2D eigenvalue weighted by Crippen LogP contribution is -2.52. The third kappa shape index (κ3) is 5.31. The fraction of sp³-hybridized carbons (Fsp3) is 0.650. The first-order chi connectivity index (χ1) is 13.2. The average molecular weight is 392 g/mol. The third-order valence-electron chi connectivity index (χ3n) is 5.37. The summed E-state index contributed by atoms with van der Waals surface area (Å²) >= 11 is 1.42. The number of rotatable bonds is 6. The molecule has 1 aromatic rings. The Bertz CT molecular complexity index is 647. The molecule has 7 heteroatoms. The highest BCUT2D eigenvalue weighted by Gasteiger charge is 2.32. The predicted molar refractivity (Wildman–Crippen MR) is 106 cm³/mol. The van der Waals surface area contributed by atoms with Crippen LogP contribution < -0.4 is 5.32 Å². The van der Waals surface area contributed by atoms with Crippen molar-refractivity contribution in [3.05, 3.63) is 22.4 Å². The molecule has 2 fully saturated rings. The third-order valence-corrected chi connectivity index (χ3v) is 6.23. The van der Waals surface area contributed by atoms with E-state index in [-0.39, 0.29) is 23.8 Å². The second-order valence-electron chi connectivity index (χ2n) is 7.32. The SMILES string of the molecule is O=C(NCCCN1CCCCCC1=O)C1CCCCN1C(=O)c1cccs1. The maximum atomic E-state index is 12.7. The molecular formula is C20H29N3O3S. The van der Waals surface area contributed by atoms with Crippen molar-refractivity contribution in [1.82, 2.24) is 15.1 Å². The first kappa shape index (κ1) is 19.9. The highest BCUT2D eigenvalue weighted by Crippen LogP contribution is 2.22. The van der Waals surface area contributed by atoms with E-state index < -0.39 is 0 Å². The number of hydrogen-bond acceptors (Lipinski definition) is 4. The molecule has 3 amide bonds. The van der Waals surface area contributed by atoms with Gasteiger partial charge in [0.05, 0.1) is 4.88 Å². The lowest BCUT2D eigenvalue weighted by molar-refractivity contribution is -0.130. The van der Waals surface area contributed by atoms with Gasteiger partial charge in [0, 0.05) is 32.6 Å². The fourth-order valence-corrected chi connectivity index (χ4v) is 4.54. The van der Waals surface area contributed by atoms with Crippen molar-refractivity contribution in [2.24, 2.45) is 0 Å². The summed E-state index contributed by atoms with van der Waals surface area (Å²) in [6.45, 7) is 2.71. The molecule has 0 aromatic carbocycles. The van der Waals surface area contributed by atoms with Crippen LogP contribution in [0, 0.1) is 0 Å². The molecule has 148 valence electrons. The van der Waals surface area contributed by atoms with Crippen LogP contribution in [0.15, 0.2) is 17.5 Å². The van der Waals surface area contributed by atoms with Crippen molar-refractivity contribution in [3.63, 3.8) is 0 Å². The molecule has 1 atom stereocenters. The fourth-order valence-electron chi connectivity index (χ4n) is 3.86. The van der Waals surface area contributed by atoms with Crippen LogP contribution >= 0.6 is 11.3 Å². The topological polar surface area (TPSA) is 69.7 Å². The maximum absolute atomic E-state index is 12.7. The number of nitrogens with zero attached hydrogens (tertiary/aromatic N) is 2. The smallest absolute Gasteiger partial charge is 0.264 e. The number of nitrogens with one attached hydrogen (secondary N) is 1. The van der Waals surface area contributed by atoms with E-state index in [4.69, 9.17) is 0 Å². The second kappa shape index (κ2) is 9.88. The van der Waals surface area contributed by atoms with Crippen LogP contribution in [0.25, 0.3) is 0 Å². The quantitative estimate of drug-likeness (QED) is 0.758. The van der Waals surface area contributed by atoms with Gasteiger partial charge in [-0.25, -0.2) is 0 Å². The van der Waals surface area contributed by atoms with Crippen molar-refractivity contribution in [1.29, 1.82) is 0 Å². The first-order valence-corrected chi connectivity index (χ1v) is 10.9. The van der Waals surface area contributed by atoms with Gasteiger partial charge in [0.1, 0.15) is 6.04 Å². The van der Waals surface area contributed by atoms with Gasteiger partial charge in [-0.3, -0.25) is 14.4 Å². The molecule has 1 unspecified atom stereocenters. The molecule has 27 heavy (non-hydrogen) atoms. The van der Waals surface area contributed by atoms with Gasteiger partial charge in [-0.15, -0.1) is 11.3 Å². The van der Waals surface area contributed by atoms with E-state index in [9.17, 15) is 14.4 Å². The largest absolute Gasteiger partial charge is 0.354 e. The molecular weight excluding hydrogens is 362 g/mol. The second-order valence-corrected chi connectivity index (χ2v) is 8.27. The van der Waals surface area contributed by atoms with Crippen molar-refractivity contribution in [3.8, 4) is 0 Å². The Morgan fingerprint density at radius 1 is 1.15 bits per heavy atom. The van der Waals surface area contributed by atoms with Crippen LogP contribution in [0.1, 0.15) is 61.0 Å². The van der Waals surface area contributed by atoms with Crippen LogP contribution in [-0.2, 0) is 9.59 Å². The van der Waals surface area contributed by atoms with E-state index in [0.717, 1.165) is 45.1 Å². The highest BCUT2D eigenvalue weighted by molar-refractivity contribution is 7.12. The summed E-state index contributed by atoms with van der Waals surface area (Å²) < 4.78 is 0. The van der Waals surface area contributed by atoms with Gasteiger partial charge in [-0.1, -0.05) is 12.5 Å². The van der Waals surface area contributed by atoms with Gasteiger partial charge in [0.15, 0.2) is 0 Å². The molecule has 1 N–H and O–H groups in total. The molecule has 2 aliphatic rings. The van der Waals surface area contributed by atoms with Crippen molar-refractivity contribution in [2.75, 3.05) is 26.2 Å². The summed E-state index contributed by atoms with van der Waals surface area (Å²) in [6, 6.07) is 3.30. The number of likely N-dealkylation sites (tertiary alicyclic amines) is 2. The van der Waals surface area contributed by atoms with Crippen molar-refractivity contribution in [2.45, 2.75) is 57.4 Å². The lowest BCUT2D eigenvalue weighted by Gasteiger charge is -2.34. The Kier molecular flexibility index (Phi) is 7.26. The van der Waals surface area contributed by atoms with Gasteiger partial charge < -0.3 is 15.1 Å². The number of carbonyl (C=O) groups is 3. The standard InChI is InChI=1S/C20H29N3O3S/c24-18-10-2-1-4-12-22(18)13-7-11-21-19(25)16-8-3-5-14-23(16)20(26)17-9-6-15-27-17/h6,9,15-16H,1-5,7-8,10-14H2,(H,21,25). The minimum absolute atomic E-state index is 0.0417. The van der Waals surface area contributed by atoms with Crippen molar-refractivity contribution < 1.29 is 14.4 Å². The number of carbonyl (C=O) groups excluding carboxylic acids is 3. The molecule has 0 radical (unpaired) electrons. The first-order valence-electron chi connectivity index (χ1n) is 10.1. The van der Waals surface area contributed by atoms with Crippen LogP contribution in [0.3, 0.4) is 0 Å². The average Bonchev–Trinajstić information content (AvgIpc) is 3.15. The van der Waals surface area contributed by atoms with Gasteiger partial charge in [0.25, 0.3) is 5.91 Å². The Morgan fingerprint density at radius 2 is 2.00 bits per heavy atom. The molecule has 0 aliphatic carbocycles. The Morgan fingerprint density at radius 3 is 2.81 bits per heavy atom. The maximum Gasteiger partial charge on any atom is 0.264 e. The van der Waals surface area contributed by atoms with E-state index in [1.165, 1.54) is 11.3 Å². The van der Waals surface area contributed by atoms with Crippen LogP contribution in [0.5, 0.6) is 0 Å². The zero-order valence-corrected chi connectivity index (χ0v) is 16.6. The van der Waals surface area contributed by atoms with Crippen LogP contribution in [0.4, 0.5) is 0 Å². The normalized spacial score (nSPS) is 21.0. The molecule has 2 saturated heterocycles. The van der Waals surface area contributed by atoms with Gasteiger partial charge in [-0.2, -0.15) is 0 Å². The van der Waals surface area contributed by atoms with Gasteiger partial charge in [0.2, 0.25) is 11.8 Å². The minimum atomic E-state index is -0.381. The number of hydrogen-bond donors (Lipinski definition) is 1. The number of amides is 3. The van der Waals surface area contributed by atoms with Crippen molar-refractivity contribution >= 4 is 29.1 Å². The summed E-state index contributed by atoms with van der Waals surface area (Å²) in [4.78, 5) is 41.7. The van der Waals surface area contributed by atoms with E-state index >= 15 is 0 Å². The van der Waals surface area contributed by atoms with Crippen LogP contribution in [0.2, 0.25) is 0 Å². The molecule has 3 heterocycles.